The molecule has 0 unspecified atom stereocenters. The van der Waals surface area contributed by atoms with E-state index in [1.165, 1.54) is 0 Å². The quantitative estimate of drug-likeness (QED) is 0.154. The Kier molecular flexibility index (Phi) is 8.79. The van der Waals surface area contributed by atoms with Gasteiger partial charge in [-0.2, -0.15) is 0 Å². The molecule has 5 nitrogen and oxygen atoms in total. The maximum absolute atomic E-state index is 13.0. The van der Waals surface area contributed by atoms with Crippen LogP contribution in [-0.4, -0.2) is 16.8 Å². The zero-order valence-corrected chi connectivity index (χ0v) is 28.3. The fourth-order valence-electron chi connectivity index (χ4n) is 4.72. The lowest BCUT2D eigenvalue weighted by molar-refractivity contribution is 0.483. The fraction of sp³-hybridized carbons (Fsp3) is 0. The average Bonchev–Trinajstić information content (AvgIpc) is 3.06. The fourth-order valence-corrected chi connectivity index (χ4v) is 7.77. The van der Waals surface area contributed by atoms with Gasteiger partial charge in [-0.25, -0.2) is 16.8 Å². The summed E-state index contributed by atoms with van der Waals surface area (Å²) in [6, 6.07) is 41.9. The lowest BCUT2D eigenvalue weighted by Crippen LogP contribution is -2.01. The van der Waals surface area contributed by atoms with Crippen LogP contribution in [0.25, 0.3) is 22.3 Å². The highest BCUT2D eigenvalue weighted by molar-refractivity contribution is 9.10. The molecule has 0 saturated heterocycles. The molecule has 224 valence electrons. The monoisotopic (exact) mass is 758 g/mol. The largest absolute Gasteiger partial charge is 0.457 e. The summed E-state index contributed by atoms with van der Waals surface area (Å²) in [4.78, 5) is 0.959. The van der Waals surface area contributed by atoms with Gasteiger partial charge < -0.3 is 4.74 Å². The smallest absolute Gasteiger partial charge is 0.206 e. The van der Waals surface area contributed by atoms with Gasteiger partial charge in [-0.3, -0.25) is 0 Å². The second-order valence-electron chi connectivity index (χ2n) is 10.1. The van der Waals surface area contributed by atoms with Crippen molar-refractivity contribution in [2.45, 2.75) is 19.6 Å². The highest BCUT2D eigenvalue weighted by atomic mass is 79.9. The number of rotatable bonds is 8. The lowest BCUT2D eigenvalue weighted by Gasteiger charge is -2.10. The van der Waals surface area contributed by atoms with Crippen molar-refractivity contribution in [1.29, 1.82) is 0 Å². The molecule has 0 N–H and O–H groups in total. The third kappa shape index (κ3) is 6.82. The Hall–Kier alpha value is -4.02. The van der Waals surface area contributed by atoms with Crippen molar-refractivity contribution in [3.05, 3.63) is 155 Å². The summed E-state index contributed by atoms with van der Waals surface area (Å²) in [6.45, 7) is 0. The van der Waals surface area contributed by atoms with Gasteiger partial charge in [-0.05, 0) is 119 Å². The maximum Gasteiger partial charge on any atom is 0.206 e. The van der Waals surface area contributed by atoms with E-state index < -0.39 is 19.7 Å². The predicted molar refractivity (Wildman–Crippen MR) is 183 cm³/mol. The van der Waals surface area contributed by atoms with Crippen LogP contribution in [0, 0.1) is 0 Å². The van der Waals surface area contributed by atoms with Crippen molar-refractivity contribution in [2.75, 3.05) is 0 Å². The van der Waals surface area contributed by atoms with Crippen LogP contribution in [0.15, 0.2) is 174 Å². The van der Waals surface area contributed by atoms with Gasteiger partial charge in [-0.1, -0.05) is 80.4 Å². The molecule has 45 heavy (non-hydrogen) atoms. The first-order valence-electron chi connectivity index (χ1n) is 13.7. The van der Waals surface area contributed by atoms with Crippen LogP contribution in [0.3, 0.4) is 0 Å². The molecule has 0 aliphatic heterocycles. The molecule has 6 aromatic rings. The van der Waals surface area contributed by atoms with Crippen LogP contribution < -0.4 is 4.74 Å². The summed E-state index contributed by atoms with van der Waals surface area (Å²) in [5, 5.41) is 0. The summed E-state index contributed by atoms with van der Waals surface area (Å²) in [7, 11) is -7.21. The zero-order valence-electron chi connectivity index (χ0n) is 23.5. The van der Waals surface area contributed by atoms with Gasteiger partial charge in [0.1, 0.15) is 11.5 Å². The van der Waals surface area contributed by atoms with Gasteiger partial charge in [0, 0.05) is 8.95 Å². The average molecular weight is 761 g/mol. The van der Waals surface area contributed by atoms with Gasteiger partial charge in [0.25, 0.3) is 0 Å². The van der Waals surface area contributed by atoms with Crippen LogP contribution in [0.2, 0.25) is 0 Å². The van der Waals surface area contributed by atoms with Crippen LogP contribution >= 0.6 is 31.9 Å². The van der Waals surface area contributed by atoms with Crippen molar-refractivity contribution < 1.29 is 21.6 Å². The van der Waals surface area contributed by atoms with E-state index in [-0.39, 0.29) is 19.6 Å². The molecule has 6 rings (SSSR count). The number of hydrogen-bond donors (Lipinski definition) is 0. The minimum absolute atomic E-state index is 0.235. The summed E-state index contributed by atoms with van der Waals surface area (Å²) in [6.07, 6.45) is 0. The van der Waals surface area contributed by atoms with E-state index in [1.54, 1.807) is 97.1 Å². The Labute approximate surface area is 279 Å². The molecule has 0 aliphatic carbocycles. The van der Waals surface area contributed by atoms with Gasteiger partial charge in [0.15, 0.2) is 0 Å². The summed E-state index contributed by atoms with van der Waals surface area (Å²) >= 11 is 6.67. The first-order chi connectivity index (χ1) is 21.6. The molecule has 6 aromatic carbocycles. The van der Waals surface area contributed by atoms with Crippen molar-refractivity contribution in [3.63, 3.8) is 0 Å². The van der Waals surface area contributed by atoms with Crippen LogP contribution in [0.1, 0.15) is 0 Å². The van der Waals surface area contributed by atoms with E-state index in [1.807, 2.05) is 48.5 Å². The highest BCUT2D eigenvalue weighted by Gasteiger charge is 2.18. The molecular formula is C36H24Br2O5S2. The van der Waals surface area contributed by atoms with Crippen molar-refractivity contribution in [2.24, 2.45) is 0 Å². The topological polar surface area (TPSA) is 77.5 Å². The third-order valence-electron chi connectivity index (χ3n) is 7.19. The molecule has 0 aliphatic rings. The second-order valence-corrected chi connectivity index (χ2v) is 15.8. The molecule has 0 heterocycles. The van der Waals surface area contributed by atoms with E-state index in [0.717, 1.165) is 31.2 Å². The zero-order chi connectivity index (χ0) is 31.6. The van der Waals surface area contributed by atoms with Crippen LogP contribution in [0.5, 0.6) is 11.5 Å². The Morgan fingerprint density at radius 3 is 0.822 bits per heavy atom. The van der Waals surface area contributed by atoms with Gasteiger partial charge >= 0.3 is 0 Å². The predicted octanol–water partition coefficient (Wildman–Crippen LogP) is 10.0. The van der Waals surface area contributed by atoms with E-state index in [9.17, 15) is 16.8 Å². The van der Waals surface area contributed by atoms with E-state index in [0.29, 0.717) is 11.5 Å². The lowest BCUT2D eigenvalue weighted by atomic mass is 10.1. The van der Waals surface area contributed by atoms with E-state index in [4.69, 9.17) is 4.74 Å². The van der Waals surface area contributed by atoms with Gasteiger partial charge in [0.2, 0.25) is 19.7 Å². The number of hydrogen-bond acceptors (Lipinski definition) is 5. The first kappa shape index (κ1) is 31.0. The molecular weight excluding hydrogens is 736 g/mol. The summed E-state index contributed by atoms with van der Waals surface area (Å²) in [5.74, 6) is 1.31. The normalized spacial score (nSPS) is 11.7. The summed E-state index contributed by atoms with van der Waals surface area (Å²) < 4.78 is 59.5. The minimum atomic E-state index is -3.60. The molecule has 0 atom stereocenters. The number of benzene rings is 6. The third-order valence-corrected chi connectivity index (χ3v) is 11.8. The molecule has 0 aromatic heterocycles. The molecule has 0 amide bonds. The Bertz CT molecular complexity index is 2000. The number of sulfone groups is 2. The SMILES string of the molecule is O=S(=O)(c1ccc(Br)cc1)c1ccc(-c2ccc(Oc3ccc(-c4ccc(S(=O)(=O)c5ccc(Br)cc5)cc4)cc3)cc2)cc1. The first-order valence-corrected chi connectivity index (χ1v) is 18.2. The van der Waals surface area contributed by atoms with E-state index >= 15 is 0 Å². The Morgan fingerprint density at radius 1 is 0.333 bits per heavy atom. The maximum atomic E-state index is 13.0. The molecule has 9 heteroatoms. The minimum Gasteiger partial charge on any atom is -0.457 e. The highest BCUT2D eigenvalue weighted by Crippen LogP contribution is 2.31. The van der Waals surface area contributed by atoms with Crippen molar-refractivity contribution >= 4 is 51.5 Å². The van der Waals surface area contributed by atoms with Crippen LogP contribution in [0.4, 0.5) is 0 Å². The van der Waals surface area contributed by atoms with Crippen molar-refractivity contribution in [3.8, 4) is 33.8 Å². The van der Waals surface area contributed by atoms with Crippen molar-refractivity contribution in [1.82, 2.24) is 0 Å². The van der Waals surface area contributed by atoms with Crippen LogP contribution in [-0.2, 0) is 19.7 Å². The van der Waals surface area contributed by atoms with Gasteiger partial charge in [0.05, 0.1) is 19.6 Å². The molecule has 0 spiro atoms. The van der Waals surface area contributed by atoms with Gasteiger partial charge in [-0.15, -0.1) is 0 Å². The molecule has 0 bridgehead atoms. The number of ether oxygens (including phenoxy) is 1. The Morgan fingerprint density at radius 2 is 0.556 bits per heavy atom. The standard InChI is InChI=1S/C36H24Br2O5S2/c37-29-9-21-35(22-10-29)44(39,40)33-17-5-27(6-18-33)25-1-13-31(14-2-25)43-32-15-3-26(4-16-32)28-7-19-34(20-8-28)45(41,42)36-23-11-30(38)12-24-36/h1-24H. The molecule has 0 fully saturated rings. The summed E-state index contributed by atoms with van der Waals surface area (Å²) in [5.41, 5.74) is 3.62. The number of halogens is 2. The molecule has 0 saturated carbocycles. The molecule has 0 radical (unpaired) electrons. The Balaban J connectivity index is 1.11. The van der Waals surface area contributed by atoms with E-state index in [2.05, 4.69) is 31.9 Å². The second kappa shape index (κ2) is 12.8.